The standard InChI is InChI=1S/C20H21F2N3O2S/c1-12(26)25(24-20(28)14-8-15(21)10-16(22)9-14)19-13(6-7-23)11-27-18-5-3-2-4-17(18)19/h2-5,8-10,13,19H,6-7,11,23H2,1H3,(H,24,28). The van der Waals surface area contributed by atoms with Crippen molar-refractivity contribution in [2.75, 3.05) is 13.2 Å². The zero-order chi connectivity index (χ0) is 20.3. The van der Waals surface area contributed by atoms with E-state index in [0.29, 0.717) is 25.3 Å². The van der Waals surface area contributed by atoms with Crippen LogP contribution in [0.15, 0.2) is 42.5 Å². The van der Waals surface area contributed by atoms with Crippen LogP contribution in [-0.2, 0) is 4.79 Å². The number of hydrogen-bond donors (Lipinski definition) is 2. The maximum Gasteiger partial charge on any atom is 0.238 e. The summed E-state index contributed by atoms with van der Waals surface area (Å²) in [6, 6.07) is 10.0. The van der Waals surface area contributed by atoms with Crippen LogP contribution in [0.4, 0.5) is 8.78 Å². The van der Waals surface area contributed by atoms with Crippen molar-refractivity contribution in [1.29, 1.82) is 0 Å². The Morgan fingerprint density at radius 2 is 1.96 bits per heavy atom. The van der Waals surface area contributed by atoms with Gasteiger partial charge in [-0.05, 0) is 31.2 Å². The molecule has 0 saturated heterocycles. The van der Waals surface area contributed by atoms with Crippen LogP contribution in [0.5, 0.6) is 5.75 Å². The fraction of sp³-hybridized carbons (Fsp3) is 0.300. The van der Waals surface area contributed by atoms with Crippen LogP contribution in [0.2, 0.25) is 0 Å². The van der Waals surface area contributed by atoms with Crippen molar-refractivity contribution in [2.24, 2.45) is 11.7 Å². The fourth-order valence-corrected chi connectivity index (χ4v) is 3.62. The van der Waals surface area contributed by atoms with E-state index in [1.165, 1.54) is 11.9 Å². The second-order valence-corrected chi connectivity index (χ2v) is 7.03. The molecule has 0 fully saturated rings. The van der Waals surface area contributed by atoms with Gasteiger partial charge in [0.1, 0.15) is 22.4 Å². The number of amides is 1. The molecule has 5 nitrogen and oxygen atoms in total. The van der Waals surface area contributed by atoms with E-state index in [1.54, 1.807) is 0 Å². The minimum atomic E-state index is -0.744. The van der Waals surface area contributed by atoms with Crippen LogP contribution >= 0.6 is 12.2 Å². The van der Waals surface area contributed by atoms with Crippen LogP contribution in [0.3, 0.4) is 0 Å². The van der Waals surface area contributed by atoms with E-state index in [-0.39, 0.29) is 28.4 Å². The molecule has 1 aliphatic heterocycles. The molecule has 28 heavy (non-hydrogen) atoms. The molecule has 148 valence electrons. The minimum absolute atomic E-state index is 0.0454. The van der Waals surface area contributed by atoms with Crippen LogP contribution < -0.4 is 15.9 Å². The predicted molar refractivity (Wildman–Crippen MR) is 106 cm³/mol. The molecular formula is C20H21F2N3O2S. The highest BCUT2D eigenvalue weighted by Gasteiger charge is 2.37. The number of thiocarbonyl (C=S) groups is 1. The first-order chi connectivity index (χ1) is 13.4. The molecular weight excluding hydrogens is 384 g/mol. The topological polar surface area (TPSA) is 67.6 Å². The van der Waals surface area contributed by atoms with Gasteiger partial charge in [0.2, 0.25) is 5.91 Å². The van der Waals surface area contributed by atoms with E-state index < -0.39 is 11.6 Å². The summed E-state index contributed by atoms with van der Waals surface area (Å²) in [5, 5.41) is 1.40. The summed E-state index contributed by atoms with van der Waals surface area (Å²) in [7, 11) is 0. The first-order valence-electron chi connectivity index (χ1n) is 8.89. The number of halogens is 2. The van der Waals surface area contributed by atoms with E-state index in [2.05, 4.69) is 5.43 Å². The number of carbonyl (C=O) groups is 1. The number of ether oxygens (including phenoxy) is 1. The van der Waals surface area contributed by atoms with Crippen molar-refractivity contribution in [3.8, 4) is 5.75 Å². The summed E-state index contributed by atoms with van der Waals surface area (Å²) in [5.74, 6) is -1.17. The molecule has 2 atom stereocenters. The number of hydrogen-bond acceptors (Lipinski definition) is 4. The van der Waals surface area contributed by atoms with Crippen LogP contribution in [-0.4, -0.2) is 29.1 Å². The van der Waals surface area contributed by atoms with Gasteiger partial charge < -0.3 is 10.5 Å². The van der Waals surface area contributed by atoms with Gasteiger partial charge in [-0.2, -0.15) is 0 Å². The van der Waals surface area contributed by atoms with Gasteiger partial charge in [0.05, 0.1) is 12.6 Å². The van der Waals surface area contributed by atoms with E-state index in [4.69, 9.17) is 22.7 Å². The lowest BCUT2D eigenvalue weighted by Crippen LogP contribution is -2.51. The largest absolute Gasteiger partial charge is 0.493 e. The monoisotopic (exact) mass is 405 g/mol. The second-order valence-electron chi connectivity index (χ2n) is 6.62. The molecule has 0 saturated carbocycles. The molecule has 3 N–H and O–H groups in total. The summed E-state index contributed by atoms with van der Waals surface area (Å²) in [6.07, 6.45) is 0.631. The van der Waals surface area contributed by atoms with Gasteiger partial charge in [-0.25, -0.2) is 13.8 Å². The maximum atomic E-state index is 13.6. The van der Waals surface area contributed by atoms with Crippen LogP contribution in [0, 0.1) is 17.6 Å². The van der Waals surface area contributed by atoms with E-state index in [1.807, 2.05) is 24.3 Å². The van der Waals surface area contributed by atoms with Crippen molar-refractivity contribution >= 4 is 23.1 Å². The number of para-hydroxylation sites is 1. The third kappa shape index (κ3) is 4.28. The first kappa shape index (κ1) is 20.2. The highest BCUT2D eigenvalue weighted by molar-refractivity contribution is 7.80. The lowest BCUT2D eigenvalue weighted by atomic mass is 9.87. The lowest BCUT2D eigenvalue weighted by Gasteiger charge is -2.40. The Morgan fingerprint density at radius 3 is 2.61 bits per heavy atom. The van der Waals surface area contributed by atoms with Crippen LogP contribution in [0.25, 0.3) is 0 Å². The number of nitrogens with two attached hydrogens (primary N) is 1. The van der Waals surface area contributed by atoms with Gasteiger partial charge in [0, 0.05) is 30.0 Å². The molecule has 2 aromatic carbocycles. The summed E-state index contributed by atoms with van der Waals surface area (Å²) < 4.78 is 32.9. The van der Waals surface area contributed by atoms with Crippen molar-refractivity contribution in [2.45, 2.75) is 19.4 Å². The average molecular weight is 405 g/mol. The molecule has 0 bridgehead atoms. The van der Waals surface area contributed by atoms with Crippen molar-refractivity contribution in [1.82, 2.24) is 10.4 Å². The van der Waals surface area contributed by atoms with Gasteiger partial charge in [-0.15, -0.1) is 0 Å². The first-order valence-corrected chi connectivity index (χ1v) is 9.30. The molecule has 0 spiro atoms. The normalized spacial score (nSPS) is 18.0. The summed E-state index contributed by atoms with van der Waals surface area (Å²) in [4.78, 5) is 12.5. The van der Waals surface area contributed by atoms with Crippen LogP contribution in [0.1, 0.15) is 30.5 Å². The number of hydrazine groups is 1. The fourth-order valence-electron chi connectivity index (χ4n) is 3.41. The third-order valence-corrected chi connectivity index (χ3v) is 4.97. The Balaban J connectivity index is 1.95. The van der Waals surface area contributed by atoms with Crippen molar-refractivity contribution in [3.63, 3.8) is 0 Å². The number of fused-ring (bicyclic) bond motifs is 1. The molecule has 0 aromatic heterocycles. The number of nitrogens with one attached hydrogen (secondary N) is 1. The molecule has 1 amide bonds. The number of rotatable bonds is 4. The Morgan fingerprint density at radius 1 is 1.29 bits per heavy atom. The van der Waals surface area contributed by atoms with Crippen molar-refractivity contribution < 1.29 is 18.3 Å². The Kier molecular flexibility index (Phi) is 6.21. The summed E-state index contributed by atoms with van der Waals surface area (Å²) >= 11 is 5.31. The Bertz CT molecular complexity index is 873. The zero-order valence-electron chi connectivity index (χ0n) is 15.3. The molecule has 1 aliphatic rings. The summed E-state index contributed by atoms with van der Waals surface area (Å²) in [6.45, 7) is 2.23. The van der Waals surface area contributed by atoms with E-state index in [0.717, 1.165) is 23.8 Å². The molecule has 3 rings (SSSR count). The van der Waals surface area contributed by atoms with E-state index in [9.17, 15) is 13.6 Å². The lowest BCUT2D eigenvalue weighted by molar-refractivity contribution is -0.135. The zero-order valence-corrected chi connectivity index (χ0v) is 16.1. The van der Waals surface area contributed by atoms with Gasteiger partial charge >= 0.3 is 0 Å². The number of benzene rings is 2. The minimum Gasteiger partial charge on any atom is -0.493 e. The summed E-state index contributed by atoms with van der Waals surface area (Å²) in [5.41, 5.74) is 9.60. The molecule has 8 heteroatoms. The quantitative estimate of drug-likeness (QED) is 0.604. The molecule has 0 radical (unpaired) electrons. The Labute approximate surface area is 167 Å². The highest BCUT2D eigenvalue weighted by Crippen LogP contribution is 2.40. The van der Waals surface area contributed by atoms with Gasteiger partial charge in [0.15, 0.2) is 0 Å². The average Bonchev–Trinajstić information content (AvgIpc) is 2.65. The SMILES string of the molecule is CC(=O)N(NC(=S)c1cc(F)cc(F)c1)C1c2ccccc2OCC1CCN. The van der Waals surface area contributed by atoms with Gasteiger partial charge in [-0.3, -0.25) is 10.2 Å². The molecule has 2 aromatic rings. The number of nitrogens with zero attached hydrogens (tertiary/aromatic N) is 1. The second kappa shape index (κ2) is 8.62. The highest BCUT2D eigenvalue weighted by atomic mass is 32.1. The molecule has 1 heterocycles. The molecule has 0 aliphatic carbocycles. The van der Waals surface area contributed by atoms with E-state index >= 15 is 0 Å². The van der Waals surface area contributed by atoms with Gasteiger partial charge in [0.25, 0.3) is 0 Å². The molecule has 2 unspecified atom stereocenters. The third-order valence-electron chi connectivity index (χ3n) is 4.64. The predicted octanol–water partition coefficient (Wildman–Crippen LogP) is 3.09. The van der Waals surface area contributed by atoms with Gasteiger partial charge in [-0.1, -0.05) is 30.4 Å². The Hall–Kier alpha value is -2.58. The number of carbonyl (C=O) groups excluding carboxylic acids is 1. The smallest absolute Gasteiger partial charge is 0.238 e. The van der Waals surface area contributed by atoms with Crippen molar-refractivity contribution in [3.05, 3.63) is 65.2 Å². The maximum absolute atomic E-state index is 13.6.